The third-order valence-corrected chi connectivity index (χ3v) is 7.15. The van der Waals surface area contributed by atoms with E-state index in [4.69, 9.17) is 0 Å². The van der Waals surface area contributed by atoms with Gasteiger partial charge in [-0.2, -0.15) is 0 Å². The third-order valence-electron chi connectivity index (χ3n) is 6.38. The van der Waals surface area contributed by atoms with E-state index in [-0.39, 0.29) is 10.8 Å². The van der Waals surface area contributed by atoms with Crippen LogP contribution >= 0.6 is 15.9 Å². The molecule has 0 saturated carbocycles. The van der Waals surface area contributed by atoms with Gasteiger partial charge in [0.2, 0.25) is 0 Å². The third kappa shape index (κ3) is 3.63. The van der Waals surface area contributed by atoms with Gasteiger partial charge in [0.1, 0.15) is 11.5 Å². The molecule has 0 saturated heterocycles. The molecular weight excluding hydrogens is 400 g/mol. The molecule has 27 heavy (non-hydrogen) atoms. The second-order valence-electron chi connectivity index (χ2n) is 9.45. The van der Waals surface area contributed by atoms with E-state index >= 15 is 0 Å². The first kappa shape index (κ1) is 20.3. The molecule has 4 rings (SSSR count). The molecule has 2 aromatic carbocycles. The highest BCUT2D eigenvalue weighted by atomic mass is 79.9. The van der Waals surface area contributed by atoms with Crippen LogP contribution in [0.5, 0.6) is 11.5 Å². The van der Waals surface area contributed by atoms with Crippen LogP contribution in [-0.2, 0) is 23.7 Å². The highest BCUT2D eigenvalue weighted by molar-refractivity contribution is 9.10. The van der Waals surface area contributed by atoms with Gasteiger partial charge in [0.25, 0.3) is 0 Å². The van der Waals surface area contributed by atoms with Gasteiger partial charge in [-0.25, -0.2) is 0 Å². The van der Waals surface area contributed by atoms with E-state index in [0.29, 0.717) is 11.5 Å². The van der Waals surface area contributed by atoms with E-state index < -0.39 is 0 Å². The average Bonchev–Trinajstić information content (AvgIpc) is 3.03. The minimum absolute atomic E-state index is 0.194. The van der Waals surface area contributed by atoms with Gasteiger partial charge in [0, 0.05) is 0 Å². The van der Waals surface area contributed by atoms with Crippen LogP contribution in [0.3, 0.4) is 0 Å². The summed E-state index contributed by atoms with van der Waals surface area (Å²) >= 11 is 3.51. The number of phenols is 2. The maximum atomic E-state index is 9.86. The summed E-state index contributed by atoms with van der Waals surface area (Å²) in [6.45, 7) is 12.9. The van der Waals surface area contributed by atoms with Crippen molar-refractivity contribution < 1.29 is 10.2 Å². The molecule has 0 amide bonds. The summed E-state index contributed by atoms with van der Waals surface area (Å²) in [6.07, 6.45) is 4.65. The smallest absolute Gasteiger partial charge is 0.132 e. The van der Waals surface area contributed by atoms with Gasteiger partial charge in [0.05, 0.1) is 4.47 Å². The van der Waals surface area contributed by atoms with Crippen molar-refractivity contribution in [2.24, 2.45) is 0 Å². The average molecular weight is 431 g/mol. The minimum Gasteiger partial charge on any atom is -0.508 e. The van der Waals surface area contributed by atoms with Gasteiger partial charge in [-0.3, -0.25) is 0 Å². The Hall–Kier alpha value is -1.48. The van der Waals surface area contributed by atoms with E-state index in [1.54, 1.807) is 0 Å². The second kappa shape index (κ2) is 6.84. The molecule has 0 fully saturated rings. The van der Waals surface area contributed by atoms with Gasteiger partial charge in [-0.05, 0) is 106 Å². The zero-order valence-electron chi connectivity index (χ0n) is 17.3. The maximum absolute atomic E-state index is 9.86. The summed E-state index contributed by atoms with van der Waals surface area (Å²) in [5, 5.41) is 19.5. The van der Waals surface area contributed by atoms with E-state index in [1.807, 2.05) is 19.9 Å². The summed E-state index contributed by atoms with van der Waals surface area (Å²) in [4.78, 5) is 0. The van der Waals surface area contributed by atoms with Gasteiger partial charge in [-0.15, -0.1) is 0 Å². The highest BCUT2D eigenvalue weighted by Crippen LogP contribution is 2.46. The Morgan fingerprint density at radius 3 is 2.04 bits per heavy atom. The standard InChI is InChI=1S/C12H15BrO.C12H16O/c1-7-6-8-4-5-12(2,3)9(8)10(13)11(7)14;1-8-6-9-4-5-12(2,3)10(9)7-11(8)13/h6,14H,4-5H2,1-3H3;6-7,13H,4-5H2,1-3H3. The van der Waals surface area contributed by atoms with Crippen LogP contribution in [0.4, 0.5) is 0 Å². The van der Waals surface area contributed by atoms with Crippen molar-refractivity contribution in [2.75, 3.05) is 0 Å². The molecule has 0 unspecified atom stereocenters. The molecule has 0 atom stereocenters. The van der Waals surface area contributed by atoms with Crippen molar-refractivity contribution in [3.05, 3.63) is 56.1 Å². The molecule has 0 heterocycles. The maximum Gasteiger partial charge on any atom is 0.132 e. The first-order valence-electron chi connectivity index (χ1n) is 9.78. The van der Waals surface area contributed by atoms with Crippen molar-refractivity contribution in [3.63, 3.8) is 0 Å². The lowest BCUT2D eigenvalue weighted by molar-refractivity contribution is 0.461. The predicted octanol–water partition coefficient (Wildman–Crippen LogP) is 6.61. The molecular formula is C24H31BrO2. The van der Waals surface area contributed by atoms with Gasteiger partial charge in [-0.1, -0.05) is 39.8 Å². The largest absolute Gasteiger partial charge is 0.508 e. The molecule has 2 aromatic rings. The zero-order chi connectivity index (χ0) is 20.1. The lowest BCUT2D eigenvalue weighted by Crippen LogP contribution is -2.12. The molecule has 2 N–H and O–H groups in total. The number of phenolic OH excluding ortho intramolecular Hbond substituents is 2. The Morgan fingerprint density at radius 1 is 0.815 bits per heavy atom. The van der Waals surface area contributed by atoms with Crippen molar-refractivity contribution in [3.8, 4) is 11.5 Å². The molecule has 146 valence electrons. The molecule has 2 nitrogen and oxygen atoms in total. The van der Waals surface area contributed by atoms with E-state index in [0.717, 1.165) is 28.4 Å². The molecule has 0 aromatic heterocycles. The summed E-state index contributed by atoms with van der Waals surface area (Å²) in [6, 6.07) is 6.18. The molecule has 2 aliphatic rings. The normalized spacial score (nSPS) is 18.5. The summed E-state index contributed by atoms with van der Waals surface area (Å²) in [5.41, 5.74) is 7.83. The number of rotatable bonds is 0. The molecule has 0 spiro atoms. The van der Waals surface area contributed by atoms with Gasteiger partial charge in [0.15, 0.2) is 0 Å². The number of hydrogen-bond donors (Lipinski definition) is 2. The molecule has 0 radical (unpaired) electrons. The molecule has 0 aliphatic heterocycles. The fourth-order valence-corrected chi connectivity index (χ4v) is 5.61. The number of halogens is 1. The van der Waals surface area contributed by atoms with Crippen molar-refractivity contribution in [1.29, 1.82) is 0 Å². The Bertz CT molecular complexity index is 894. The van der Waals surface area contributed by atoms with E-state index in [2.05, 4.69) is 55.8 Å². The quantitative estimate of drug-likeness (QED) is 0.493. The molecule has 0 bridgehead atoms. The second-order valence-corrected chi connectivity index (χ2v) is 10.2. The highest BCUT2D eigenvalue weighted by Gasteiger charge is 2.33. The van der Waals surface area contributed by atoms with Gasteiger partial charge < -0.3 is 10.2 Å². The van der Waals surface area contributed by atoms with Crippen LogP contribution in [0.25, 0.3) is 0 Å². The number of fused-ring (bicyclic) bond motifs is 2. The zero-order valence-corrected chi connectivity index (χ0v) is 18.9. The molecule has 3 heteroatoms. The van der Waals surface area contributed by atoms with Crippen LogP contribution < -0.4 is 0 Å². The van der Waals surface area contributed by atoms with Crippen molar-refractivity contribution in [2.45, 2.75) is 78.1 Å². The number of benzene rings is 2. The predicted molar refractivity (Wildman–Crippen MR) is 116 cm³/mol. The fourth-order valence-electron chi connectivity index (χ4n) is 4.51. The van der Waals surface area contributed by atoms with Crippen LogP contribution in [0, 0.1) is 13.8 Å². The monoisotopic (exact) mass is 430 g/mol. The lowest BCUT2D eigenvalue weighted by Gasteiger charge is -2.21. The van der Waals surface area contributed by atoms with Crippen LogP contribution in [0.2, 0.25) is 0 Å². The Morgan fingerprint density at radius 2 is 1.37 bits per heavy atom. The lowest BCUT2D eigenvalue weighted by atomic mass is 9.86. The Labute approximate surface area is 171 Å². The van der Waals surface area contributed by atoms with Crippen molar-refractivity contribution in [1.82, 2.24) is 0 Å². The van der Waals surface area contributed by atoms with Crippen LogP contribution in [0.15, 0.2) is 22.7 Å². The topological polar surface area (TPSA) is 40.5 Å². The number of aryl methyl sites for hydroxylation is 4. The summed E-state index contributed by atoms with van der Waals surface area (Å²) in [5.74, 6) is 0.840. The van der Waals surface area contributed by atoms with E-state index in [9.17, 15) is 10.2 Å². The fraction of sp³-hybridized carbons (Fsp3) is 0.500. The first-order chi connectivity index (χ1) is 12.4. The first-order valence-corrected chi connectivity index (χ1v) is 10.6. The SMILES string of the molecule is Cc1cc2c(c(Br)c1O)C(C)(C)CC2.Cc1cc2c(cc1O)C(C)(C)CC2. The Kier molecular flexibility index (Phi) is 5.14. The van der Waals surface area contributed by atoms with Gasteiger partial charge >= 0.3 is 0 Å². The van der Waals surface area contributed by atoms with E-state index in [1.165, 1.54) is 35.1 Å². The Balaban J connectivity index is 0.000000156. The summed E-state index contributed by atoms with van der Waals surface area (Å²) < 4.78 is 0.898. The minimum atomic E-state index is 0.194. The molecule has 2 aliphatic carbocycles. The number of hydrogen-bond acceptors (Lipinski definition) is 2. The van der Waals surface area contributed by atoms with Crippen molar-refractivity contribution >= 4 is 15.9 Å². The van der Waals surface area contributed by atoms with Crippen LogP contribution in [0.1, 0.15) is 73.9 Å². The number of aromatic hydroxyl groups is 2. The summed E-state index contributed by atoms with van der Waals surface area (Å²) in [7, 11) is 0. The van der Waals surface area contributed by atoms with Crippen LogP contribution in [-0.4, -0.2) is 10.2 Å².